The number of nitrogens with zero attached hydrogens (tertiary/aromatic N) is 1. The summed E-state index contributed by atoms with van der Waals surface area (Å²) in [5, 5.41) is 2.55. The van der Waals surface area contributed by atoms with Crippen LogP contribution in [0.25, 0.3) is 0 Å². The van der Waals surface area contributed by atoms with Gasteiger partial charge in [0.15, 0.2) is 0 Å². The number of rotatable bonds is 5. The number of esters is 1. The Morgan fingerprint density at radius 1 is 1.56 bits per heavy atom. The number of pyridine rings is 1. The number of carbonyl (C=O) groups is 2. The number of nitrogens with two attached hydrogens (primary N) is 1. The lowest BCUT2D eigenvalue weighted by Crippen LogP contribution is -2.39. The van der Waals surface area contributed by atoms with Crippen LogP contribution in [0.15, 0.2) is 18.3 Å². The van der Waals surface area contributed by atoms with E-state index < -0.39 is 12.0 Å². The van der Waals surface area contributed by atoms with Crippen molar-refractivity contribution in [1.29, 1.82) is 0 Å². The highest BCUT2D eigenvalue weighted by molar-refractivity contribution is 5.96. The number of amides is 1. The molecule has 1 heterocycles. The van der Waals surface area contributed by atoms with Gasteiger partial charge in [0.05, 0.1) is 12.3 Å². The highest BCUT2D eigenvalue weighted by Crippen LogP contribution is 2.02. The summed E-state index contributed by atoms with van der Waals surface area (Å²) >= 11 is 0. The van der Waals surface area contributed by atoms with Gasteiger partial charge in [0.1, 0.15) is 6.04 Å². The topological polar surface area (TPSA) is 94.3 Å². The van der Waals surface area contributed by atoms with Gasteiger partial charge < -0.3 is 15.8 Å². The molecule has 1 aromatic rings. The molecule has 0 spiro atoms. The van der Waals surface area contributed by atoms with Crippen LogP contribution >= 0.6 is 0 Å². The van der Waals surface area contributed by atoms with E-state index in [4.69, 9.17) is 10.5 Å². The van der Waals surface area contributed by atoms with Crippen molar-refractivity contribution in [2.45, 2.75) is 26.4 Å². The molecule has 1 unspecified atom stereocenters. The fraction of sp³-hybridized carbons (Fsp3) is 0.417. The Hall–Kier alpha value is -1.95. The van der Waals surface area contributed by atoms with Crippen LogP contribution in [0.4, 0.5) is 0 Å². The van der Waals surface area contributed by atoms with E-state index in [1.165, 1.54) is 6.20 Å². The first-order valence-electron chi connectivity index (χ1n) is 5.71. The third-order valence-corrected chi connectivity index (χ3v) is 2.28. The van der Waals surface area contributed by atoms with Crippen molar-refractivity contribution >= 4 is 11.9 Å². The molecule has 0 saturated carbocycles. The van der Waals surface area contributed by atoms with Crippen LogP contribution in [0.5, 0.6) is 0 Å². The first kappa shape index (κ1) is 14.1. The zero-order valence-electron chi connectivity index (χ0n) is 10.5. The van der Waals surface area contributed by atoms with Crippen molar-refractivity contribution in [2.24, 2.45) is 5.73 Å². The average Bonchev–Trinajstić information content (AvgIpc) is 2.39. The summed E-state index contributed by atoms with van der Waals surface area (Å²) < 4.78 is 4.80. The molecule has 0 aliphatic carbocycles. The highest BCUT2D eigenvalue weighted by Gasteiger charge is 2.17. The second-order valence-electron chi connectivity index (χ2n) is 3.69. The molecule has 1 rings (SSSR count). The highest BCUT2D eigenvalue weighted by atomic mass is 16.5. The minimum absolute atomic E-state index is 0.258. The molecule has 6 nitrogen and oxygen atoms in total. The summed E-state index contributed by atoms with van der Waals surface area (Å²) in [6.07, 6.45) is 1.51. The van der Waals surface area contributed by atoms with Gasteiger partial charge in [0.2, 0.25) is 0 Å². The normalized spacial score (nSPS) is 11.7. The van der Waals surface area contributed by atoms with Gasteiger partial charge in [-0.15, -0.1) is 0 Å². The van der Waals surface area contributed by atoms with Crippen LogP contribution in [-0.2, 0) is 16.1 Å². The van der Waals surface area contributed by atoms with E-state index in [0.717, 1.165) is 0 Å². The zero-order valence-corrected chi connectivity index (χ0v) is 10.5. The zero-order chi connectivity index (χ0) is 13.5. The maximum absolute atomic E-state index is 11.8. The van der Waals surface area contributed by atoms with Crippen LogP contribution in [0.1, 0.15) is 29.9 Å². The molecule has 0 bridgehead atoms. The maximum Gasteiger partial charge on any atom is 0.328 e. The van der Waals surface area contributed by atoms with E-state index in [0.29, 0.717) is 11.3 Å². The molecular formula is C12H17N3O3. The summed E-state index contributed by atoms with van der Waals surface area (Å²) in [5.74, 6) is -0.813. The standard InChI is InChI=1S/C12H17N3O3/c1-3-18-12(17)8(2)15-11(16)9-4-5-14-10(6-9)7-13/h4-6,8H,3,7,13H2,1-2H3,(H,15,16). The van der Waals surface area contributed by atoms with E-state index in [1.54, 1.807) is 26.0 Å². The lowest BCUT2D eigenvalue weighted by Gasteiger charge is -2.12. The lowest BCUT2D eigenvalue weighted by atomic mass is 10.2. The number of hydrogen-bond donors (Lipinski definition) is 2. The van der Waals surface area contributed by atoms with Crippen molar-refractivity contribution in [3.8, 4) is 0 Å². The monoisotopic (exact) mass is 251 g/mol. The smallest absolute Gasteiger partial charge is 0.328 e. The molecule has 0 aliphatic heterocycles. The quantitative estimate of drug-likeness (QED) is 0.730. The number of aromatic nitrogens is 1. The Morgan fingerprint density at radius 3 is 2.89 bits per heavy atom. The average molecular weight is 251 g/mol. The lowest BCUT2D eigenvalue weighted by molar-refractivity contribution is -0.144. The Labute approximate surface area is 106 Å². The van der Waals surface area contributed by atoms with Crippen LogP contribution in [-0.4, -0.2) is 29.5 Å². The molecule has 1 aromatic heterocycles. The van der Waals surface area contributed by atoms with Crippen molar-refractivity contribution in [2.75, 3.05) is 6.61 Å². The number of nitrogens with one attached hydrogen (secondary N) is 1. The summed E-state index contributed by atoms with van der Waals surface area (Å²) in [4.78, 5) is 27.2. The van der Waals surface area contributed by atoms with Gasteiger partial charge >= 0.3 is 5.97 Å². The van der Waals surface area contributed by atoms with Gasteiger partial charge in [0, 0.05) is 18.3 Å². The van der Waals surface area contributed by atoms with Crippen LogP contribution < -0.4 is 11.1 Å². The molecule has 98 valence electrons. The molecule has 1 atom stereocenters. The number of hydrogen-bond acceptors (Lipinski definition) is 5. The molecule has 0 aliphatic rings. The number of ether oxygens (including phenoxy) is 1. The molecule has 0 radical (unpaired) electrons. The molecule has 0 fully saturated rings. The Morgan fingerprint density at radius 2 is 2.28 bits per heavy atom. The molecule has 6 heteroatoms. The van der Waals surface area contributed by atoms with Gasteiger partial charge in [-0.2, -0.15) is 0 Å². The van der Waals surface area contributed by atoms with E-state index in [-0.39, 0.29) is 19.1 Å². The van der Waals surface area contributed by atoms with E-state index in [1.807, 2.05) is 0 Å². The van der Waals surface area contributed by atoms with Gasteiger partial charge in [-0.25, -0.2) is 4.79 Å². The largest absolute Gasteiger partial charge is 0.464 e. The van der Waals surface area contributed by atoms with E-state index >= 15 is 0 Å². The van der Waals surface area contributed by atoms with Crippen molar-refractivity contribution < 1.29 is 14.3 Å². The van der Waals surface area contributed by atoms with Gasteiger partial charge in [-0.05, 0) is 26.0 Å². The van der Waals surface area contributed by atoms with Gasteiger partial charge in [-0.1, -0.05) is 0 Å². The van der Waals surface area contributed by atoms with Gasteiger partial charge in [0.25, 0.3) is 5.91 Å². The molecule has 1 amide bonds. The fourth-order valence-corrected chi connectivity index (χ4v) is 1.34. The summed E-state index contributed by atoms with van der Waals surface area (Å²) in [6.45, 7) is 3.82. The Bertz CT molecular complexity index is 434. The number of carbonyl (C=O) groups excluding carboxylic acids is 2. The molecule has 3 N–H and O–H groups in total. The van der Waals surface area contributed by atoms with E-state index in [2.05, 4.69) is 10.3 Å². The van der Waals surface area contributed by atoms with Gasteiger partial charge in [-0.3, -0.25) is 9.78 Å². The van der Waals surface area contributed by atoms with Crippen LogP contribution in [0.2, 0.25) is 0 Å². The van der Waals surface area contributed by atoms with Crippen molar-refractivity contribution in [1.82, 2.24) is 10.3 Å². The molecule has 0 saturated heterocycles. The Balaban J connectivity index is 2.67. The van der Waals surface area contributed by atoms with Crippen LogP contribution in [0.3, 0.4) is 0 Å². The SMILES string of the molecule is CCOC(=O)C(C)NC(=O)c1ccnc(CN)c1. The first-order chi connectivity index (χ1) is 8.58. The van der Waals surface area contributed by atoms with Crippen LogP contribution in [0, 0.1) is 0 Å². The van der Waals surface area contributed by atoms with Crippen molar-refractivity contribution in [3.05, 3.63) is 29.6 Å². The predicted octanol–water partition coefficient (Wildman–Crippen LogP) is 0.222. The minimum Gasteiger partial charge on any atom is -0.464 e. The minimum atomic E-state index is -0.688. The third kappa shape index (κ3) is 3.81. The molecule has 18 heavy (non-hydrogen) atoms. The second kappa shape index (κ2) is 6.70. The fourth-order valence-electron chi connectivity index (χ4n) is 1.34. The summed E-state index contributed by atoms with van der Waals surface area (Å²) in [7, 11) is 0. The second-order valence-corrected chi connectivity index (χ2v) is 3.69. The van der Waals surface area contributed by atoms with Crippen molar-refractivity contribution in [3.63, 3.8) is 0 Å². The predicted molar refractivity (Wildman–Crippen MR) is 65.7 cm³/mol. The maximum atomic E-state index is 11.8. The van der Waals surface area contributed by atoms with E-state index in [9.17, 15) is 9.59 Å². The molecular weight excluding hydrogens is 234 g/mol. The summed E-state index contributed by atoms with van der Waals surface area (Å²) in [5.41, 5.74) is 6.47. The molecule has 0 aromatic carbocycles. The third-order valence-electron chi connectivity index (χ3n) is 2.28. The first-order valence-corrected chi connectivity index (χ1v) is 5.71. The summed E-state index contributed by atoms with van der Waals surface area (Å²) in [6, 6.07) is 2.46. The Kier molecular flexibility index (Phi) is 5.26.